The van der Waals surface area contributed by atoms with Crippen molar-refractivity contribution >= 4 is 56.4 Å². The fourth-order valence-electron chi connectivity index (χ4n) is 1.77. The van der Waals surface area contributed by atoms with E-state index in [0.717, 1.165) is 15.7 Å². The highest BCUT2D eigenvalue weighted by molar-refractivity contribution is 9.10. The van der Waals surface area contributed by atoms with Crippen LogP contribution >= 0.6 is 50.7 Å². The van der Waals surface area contributed by atoms with Crippen molar-refractivity contribution in [2.24, 2.45) is 0 Å². The van der Waals surface area contributed by atoms with Crippen LogP contribution in [0.25, 0.3) is 0 Å². The quantitative estimate of drug-likeness (QED) is 0.635. The van der Waals surface area contributed by atoms with Crippen molar-refractivity contribution in [1.82, 2.24) is 0 Å². The molecule has 1 N–H and O–H groups in total. The van der Waals surface area contributed by atoms with E-state index >= 15 is 0 Å². The van der Waals surface area contributed by atoms with Gasteiger partial charge in [-0.15, -0.1) is 0 Å². The van der Waals surface area contributed by atoms with E-state index in [1.54, 1.807) is 6.07 Å². The van der Waals surface area contributed by atoms with Crippen LogP contribution < -0.4 is 5.32 Å². The Bertz CT molecular complexity index is 601. The fourth-order valence-corrected chi connectivity index (χ4v) is 2.83. The Balaban J connectivity index is 2.20. The number of nitrogens with one attached hydrogen (secondary N) is 1. The molecule has 1 unspecified atom stereocenters. The van der Waals surface area contributed by atoms with E-state index in [-0.39, 0.29) is 6.04 Å². The summed E-state index contributed by atoms with van der Waals surface area (Å²) in [7, 11) is 0. The molecule has 5 heteroatoms. The van der Waals surface area contributed by atoms with Crippen LogP contribution in [0.5, 0.6) is 0 Å². The van der Waals surface area contributed by atoms with Crippen LogP contribution in [0.3, 0.4) is 0 Å². The van der Waals surface area contributed by atoms with Crippen LogP contribution in [0.1, 0.15) is 18.5 Å². The second kappa shape index (κ2) is 6.36. The van der Waals surface area contributed by atoms with Gasteiger partial charge in [0.2, 0.25) is 0 Å². The summed E-state index contributed by atoms with van der Waals surface area (Å²) in [6, 6.07) is 11.3. The molecule has 0 spiro atoms. The maximum absolute atomic E-state index is 6.19. The molecule has 1 atom stereocenters. The molecule has 0 aliphatic rings. The molecule has 2 rings (SSSR count). The number of anilines is 1. The van der Waals surface area contributed by atoms with Crippen LogP contribution in [-0.4, -0.2) is 0 Å². The highest BCUT2D eigenvalue weighted by atomic mass is 79.9. The molecule has 2 aromatic rings. The highest BCUT2D eigenvalue weighted by Crippen LogP contribution is 2.31. The summed E-state index contributed by atoms with van der Waals surface area (Å²) < 4.78 is 0.855. The lowest BCUT2D eigenvalue weighted by molar-refractivity contribution is 0.885. The van der Waals surface area contributed by atoms with E-state index in [9.17, 15) is 0 Å². The molecular formula is C14H11BrCl3N. The Kier molecular flexibility index (Phi) is 5.02. The largest absolute Gasteiger partial charge is 0.378 e. The summed E-state index contributed by atoms with van der Waals surface area (Å²) in [6.07, 6.45) is 0. The first kappa shape index (κ1) is 15.0. The van der Waals surface area contributed by atoms with Gasteiger partial charge in [-0.3, -0.25) is 0 Å². The summed E-state index contributed by atoms with van der Waals surface area (Å²) in [6.45, 7) is 2.04. The van der Waals surface area contributed by atoms with Gasteiger partial charge >= 0.3 is 0 Å². The van der Waals surface area contributed by atoms with E-state index in [1.807, 2.05) is 37.3 Å². The molecule has 0 fully saturated rings. The number of hydrogen-bond acceptors (Lipinski definition) is 1. The molecule has 0 heterocycles. The van der Waals surface area contributed by atoms with Gasteiger partial charge < -0.3 is 5.32 Å². The smallest absolute Gasteiger partial charge is 0.0549 e. The summed E-state index contributed by atoms with van der Waals surface area (Å²) in [5.74, 6) is 0. The van der Waals surface area contributed by atoms with E-state index in [4.69, 9.17) is 34.8 Å². The topological polar surface area (TPSA) is 12.0 Å². The van der Waals surface area contributed by atoms with E-state index in [2.05, 4.69) is 21.2 Å². The van der Waals surface area contributed by atoms with Gasteiger partial charge in [0.05, 0.1) is 5.02 Å². The average Bonchev–Trinajstić information content (AvgIpc) is 2.33. The lowest BCUT2D eigenvalue weighted by atomic mass is 10.1. The zero-order valence-electron chi connectivity index (χ0n) is 10.1. The normalized spacial score (nSPS) is 12.3. The monoisotopic (exact) mass is 377 g/mol. The van der Waals surface area contributed by atoms with Crippen molar-refractivity contribution in [2.75, 3.05) is 5.32 Å². The Morgan fingerprint density at radius 2 is 1.74 bits per heavy atom. The van der Waals surface area contributed by atoms with Crippen molar-refractivity contribution in [3.05, 3.63) is 61.5 Å². The standard InChI is InChI=1S/C14H11BrCl3N/c1-8(11-4-2-9(16)6-14(11)18)19-10-3-5-13(17)12(15)7-10/h2-8,19H,1H3. The van der Waals surface area contributed by atoms with Gasteiger partial charge in [0.1, 0.15) is 0 Å². The SMILES string of the molecule is CC(Nc1ccc(Cl)c(Br)c1)c1ccc(Cl)cc1Cl. The third kappa shape index (κ3) is 3.79. The molecule has 0 aromatic heterocycles. The summed E-state index contributed by atoms with van der Waals surface area (Å²) >= 11 is 21.5. The van der Waals surface area contributed by atoms with Crippen molar-refractivity contribution < 1.29 is 0 Å². The number of rotatable bonds is 3. The second-order valence-corrected chi connectivity index (χ2v) is 6.27. The van der Waals surface area contributed by atoms with Crippen LogP contribution in [0.2, 0.25) is 15.1 Å². The van der Waals surface area contributed by atoms with E-state index in [0.29, 0.717) is 15.1 Å². The highest BCUT2D eigenvalue weighted by Gasteiger charge is 2.10. The number of halogens is 4. The van der Waals surface area contributed by atoms with Crippen LogP contribution in [0.15, 0.2) is 40.9 Å². The van der Waals surface area contributed by atoms with Gasteiger partial charge in [-0.1, -0.05) is 40.9 Å². The maximum Gasteiger partial charge on any atom is 0.0549 e. The molecule has 0 saturated heterocycles. The predicted molar refractivity (Wildman–Crippen MR) is 87.7 cm³/mol. The van der Waals surface area contributed by atoms with Gasteiger partial charge in [-0.2, -0.15) is 0 Å². The van der Waals surface area contributed by atoms with Crippen molar-refractivity contribution in [3.8, 4) is 0 Å². The molecule has 1 nitrogen and oxygen atoms in total. The minimum Gasteiger partial charge on any atom is -0.378 e. The zero-order chi connectivity index (χ0) is 14.0. The van der Waals surface area contributed by atoms with Crippen LogP contribution in [0, 0.1) is 0 Å². The molecule has 0 bridgehead atoms. The zero-order valence-corrected chi connectivity index (χ0v) is 13.9. The lowest BCUT2D eigenvalue weighted by Gasteiger charge is -2.17. The average molecular weight is 380 g/mol. The predicted octanol–water partition coefficient (Wildman–Crippen LogP) is 6.58. The molecular weight excluding hydrogens is 368 g/mol. The van der Waals surface area contributed by atoms with Gasteiger partial charge in [0.25, 0.3) is 0 Å². The summed E-state index contributed by atoms with van der Waals surface area (Å²) in [4.78, 5) is 0. The van der Waals surface area contributed by atoms with Gasteiger partial charge in [-0.25, -0.2) is 0 Å². The molecule has 2 aromatic carbocycles. The Hall–Kier alpha value is -0.410. The van der Waals surface area contributed by atoms with Crippen molar-refractivity contribution in [1.29, 1.82) is 0 Å². The first-order valence-electron chi connectivity index (χ1n) is 5.64. The fraction of sp³-hybridized carbons (Fsp3) is 0.143. The maximum atomic E-state index is 6.19. The molecule has 19 heavy (non-hydrogen) atoms. The summed E-state index contributed by atoms with van der Waals surface area (Å²) in [5, 5.41) is 5.34. The Labute approximate surface area is 136 Å². The lowest BCUT2D eigenvalue weighted by Crippen LogP contribution is -2.07. The minimum absolute atomic E-state index is 0.0674. The molecule has 0 amide bonds. The Morgan fingerprint density at radius 1 is 1.00 bits per heavy atom. The molecule has 0 saturated carbocycles. The van der Waals surface area contributed by atoms with Crippen molar-refractivity contribution in [2.45, 2.75) is 13.0 Å². The Morgan fingerprint density at radius 3 is 2.37 bits per heavy atom. The second-order valence-electron chi connectivity index (χ2n) is 4.16. The van der Waals surface area contributed by atoms with Gasteiger partial charge in [-0.05, 0) is 58.7 Å². The third-order valence-electron chi connectivity index (χ3n) is 2.73. The first-order valence-corrected chi connectivity index (χ1v) is 7.56. The van der Waals surface area contributed by atoms with Crippen LogP contribution in [0.4, 0.5) is 5.69 Å². The number of hydrogen-bond donors (Lipinski definition) is 1. The number of benzene rings is 2. The molecule has 0 aliphatic carbocycles. The molecule has 100 valence electrons. The van der Waals surface area contributed by atoms with Crippen LogP contribution in [-0.2, 0) is 0 Å². The van der Waals surface area contributed by atoms with E-state index < -0.39 is 0 Å². The van der Waals surface area contributed by atoms with Gasteiger partial charge in [0.15, 0.2) is 0 Å². The van der Waals surface area contributed by atoms with E-state index in [1.165, 1.54) is 0 Å². The van der Waals surface area contributed by atoms with Gasteiger partial charge in [0, 0.05) is 26.2 Å². The molecule has 0 radical (unpaired) electrons. The summed E-state index contributed by atoms with van der Waals surface area (Å²) in [5.41, 5.74) is 1.96. The third-order valence-corrected chi connectivity index (χ3v) is 4.51. The van der Waals surface area contributed by atoms with Crippen molar-refractivity contribution in [3.63, 3.8) is 0 Å². The first-order chi connectivity index (χ1) is 8.97. The molecule has 0 aliphatic heterocycles. The minimum atomic E-state index is 0.0674.